The molecule has 1 aromatic heterocycles. The quantitative estimate of drug-likeness (QED) is 0.435. The molecule has 0 unspecified atom stereocenters. The summed E-state index contributed by atoms with van der Waals surface area (Å²) in [5.41, 5.74) is 2.49. The second-order valence-electron chi connectivity index (χ2n) is 6.27. The summed E-state index contributed by atoms with van der Waals surface area (Å²) in [4.78, 5) is 4.51. The number of aromatic nitrogens is 1. The fraction of sp³-hybridized carbons (Fsp3) is 0.286. The zero-order valence-corrected chi connectivity index (χ0v) is 16.0. The minimum absolute atomic E-state index is 0.251. The van der Waals surface area contributed by atoms with E-state index >= 15 is 0 Å². The van der Waals surface area contributed by atoms with E-state index in [9.17, 15) is 8.78 Å². The molecule has 3 nitrogen and oxygen atoms in total. The lowest BCUT2D eigenvalue weighted by atomic mass is 10.1. The molecular weight excluding hydrogens is 366 g/mol. The monoisotopic (exact) mass is 388 g/mol. The second kappa shape index (κ2) is 9.46. The lowest BCUT2D eigenvalue weighted by Crippen LogP contribution is -2.00. The number of benzene rings is 2. The van der Waals surface area contributed by atoms with Crippen LogP contribution in [0.1, 0.15) is 37.4 Å². The van der Waals surface area contributed by atoms with Gasteiger partial charge >= 0.3 is 0 Å². The topological polar surface area (TPSA) is 34.1 Å². The minimum atomic E-state index is -0.389. The maximum Gasteiger partial charge on any atom is 0.187 e. The molecule has 0 saturated carbocycles. The number of anilines is 2. The maximum atomic E-state index is 14.2. The minimum Gasteiger partial charge on any atom is -0.491 e. The number of ether oxygens (including phenoxy) is 1. The molecule has 2 aromatic carbocycles. The fourth-order valence-electron chi connectivity index (χ4n) is 2.61. The first-order valence-electron chi connectivity index (χ1n) is 9.02. The van der Waals surface area contributed by atoms with Crippen LogP contribution in [0.5, 0.6) is 5.75 Å². The third-order valence-corrected chi connectivity index (χ3v) is 4.85. The van der Waals surface area contributed by atoms with Crippen molar-refractivity contribution in [1.29, 1.82) is 0 Å². The van der Waals surface area contributed by atoms with Crippen LogP contribution >= 0.6 is 11.3 Å². The highest BCUT2D eigenvalue weighted by Crippen LogP contribution is 2.26. The first kappa shape index (κ1) is 19.3. The van der Waals surface area contributed by atoms with Gasteiger partial charge in [0.1, 0.15) is 5.82 Å². The predicted molar refractivity (Wildman–Crippen MR) is 106 cm³/mol. The third kappa shape index (κ3) is 5.76. The Balaban J connectivity index is 1.58. The van der Waals surface area contributed by atoms with E-state index in [1.807, 2.05) is 5.38 Å². The van der Waals surface area contributed by atoms with E-state index in [0.717, 1.165) is 30.5 Å². The molecule has 0 aliphatic heterocycles. The smallest absolute Gasteiger partial charge is 0.187 e. The highest BCUT2D eigenvalue weighted by atomic mass is 32.1. The van der Waals surface area contributed by atoms with E-state index in [1.165, 1.54) is 29.5 Å². The molecule has 3 aromatic rings. The van der Waals surface area contributed by atoms with Gasteiger partial charge in [0.05, 0.1) is 12.3 Å². The van der Waals surface area contributed by atoms with Gasteiger partial charge in [-0.3, -0.25) is 0 Å². The molecule has 0 radical (unpaired) electrons. The highest BCUT2D eigenvalue weighted by Gasteiger charge is 2.08. The number of hydrogen-bond donors (Lipinski definition) is 1. The molecule has 0 spiro atoms. The Morgan fingerprint density at radius 1 is 1.07 bits per heavy atom. The van der Waals surface area contributed by atoms with Crippen LogP contribution in [0.3, 0.4) is 0 Å². The molecule has 0 atom stereocenters. The van der Waals surface area contributed by atoms with Crippen molar-refractivity contribution >= 4 is 22.2 Å². The molecule has 6 heteroatoms. The Kier molecular flexibility index (Phi) is 6.76. The molecule has 0 aliphatic carbocycles. The molecular formula is C21H22F2N2OS. The zero-order chi connectivity index (χ0) is 19.1. The summed E-state index contributed by atoms with van der Waals surface area (Å²) in [7, 11) is 0. The largest absolute Gasteiger partial charge is 0.491 e. The van der Waals surface area contributed by atoms with Crippen LogP contribution in [0.15, 0.2) is 47.8 Å². The SMILES string of the molecule is CCCCCOc1ccc(Nc2nc(Cc3ccc(F)cc3)cs2)cc1F. The fourth-order valence-corrected chi connectivity index (χ4v) is 3.34. The van der Waals surface area contributed by atoms with Crippen molar-refractivity contribution in [2.24, 2.45) is 0 Å². The van der Waals surface area contributed by atoms with E-state index in [2.05, 4.69) is 17.2 Å². The number of nitrogens with zero attached hydrogens (tertiary/aromatic N) is 1. The Hall–Kier alpha value is -2.47. The van der Waals surface area contributed by atoms with Gasteiger partial charge in [-0.2, -0.15) is 0 Å². The lowest BCUT2D eigenvalue weighted by molar-refractivity contribution is 0.291. The van der Waals surface area contributed by atoms with Gasteiger partial charge in [0.2, 0.25) is 0 Å². The number of nitrogens with one attached hydrogen (secondary N) is 1. The number of rotatable bonds is 9. The molecule has 0 amide bonds. The van der Waals surface area contributed by atoms with E-state index in [4.69, 9.17) is 4.74 Å². The molecule has 3 rings (SSSR count). The Bertz CT molecular complexity index is 865. The van der Waals surface area contributed by atoms with E-state index in [1.54, 1.807) is 24.3 Å². The Morgan fingerprint density at radius 3 is 2.63 bits per heavy atom. The van der Waals surface area contributed by atoms with Crippen LogP contribution in [-0.4, -0.2) is 11.6 Å². The van der Waals surface area contributed by atoms with Gasteiger partial charge in [0, 0.05) is 23.6 Å². The standard InChI is InChI=1S/C21H22F2N2OS/c1-2-3-4-11-26-20-10-9-17(13-19(20)23)24-21-25-18(14-27-21)12-15-5-7-16(22)8-6-15/h5-10,13-14H,2-4,11-12H2,1H3,(H,24,25). The molecule has 0 bridgehead atoms. The van der Waals surface area contributed by atoms with Gasteiger partial charge in [-0.15, -0.1) is 11.3 Å². The van der Waals surface area contributed by atoms with Crippen LogP contribution in [0.2, 0.25) is 0 Å². The van der Waals surface area contributed by atoms with E-state index < -0.39 is 0 Å². The number of unbranched alkanes of at least 4 members (excludes halogenated alkanes) is 2. The van der Waals surface area contributed by atoms with Gasteiger partial charge in [0.15, 0.2) is 16.7 Å². The number of hydrogen-bond acceptors (Lipinski definition) is 4. The summed E-state index contributed by atoms with van der Waals surface area (Å²) < 4.78 is 32.6. The van der Waals surface area contributed by atoms with Gasteiger partial charge in [-0.1, -0.05) is 31.9 Å². The first-order chi connectivity index (χ1) is 13.1. The van der Waals surface area contributed by atoms with Crippen molar-refractivity contribution in [3.63, 3.8) is 0 Å². The van der Waals surface area contributed by atoms with E-state index in [-0.39, 0.29) is 17.4 Å². The van der Waals surface area contributed by atoms with Crippen LogP contribution in [0.4, 0.5) is 19.6 Å². The molecule has 1 N–H and O–H groups in total. The second-order valence-corrected chi connectivity index (χ2v) is 7.13. The summed E-state index contributed by atoms with van der Waals surface area (Å²) in [6.45, 7) is 2.64. The summed E-state index contributed by atoms with van der Waals surface area (Å²) in [5.74, 6) is -0.369. The average Bonchev–Trinajstić information content (AvgIpc) is 3.09. The van der Waals surface area contributed by atoms with Crippen LogP contribution in [0.25, 0.3) is 0 Å². The Labute approximate surface area is 162 Å². The highest BCUT2D eigenvalue weighted by molar-refractivity contribution is 7.13. The van der Waals surface area contributed by atoms with Gasteiger partial charge in [-0.25, -0.2) is 13.8 Å². The average molecular weight is 388 g/mol. The normalized spacial score (nSPS) is 10.8. The first-order valence-corrected chi connectivity index (χ1v) is 9.90. The van der Waals surface area contributed by atoms with Crippen molar-refractivity contribution in [3.05, 3.63) is 70.7 Å². The van der Waals surface area contributed by atoms with Crippen molar-refractivity contribution < 1.29 is 13.5 Å². The molecule has 0 saturated heterocycles. The molecule has 0 fully saturated rings. The van der Waals surface area contributed by atoms with Crippen LogP contribution in [-0.2, 0) is 6.42 Å². The summed E-state index contributed by atoms with van der Waals surface area (Å²) in [5, 5.41) is 5.74. The van der Waals surface area contributed by atoms with Crippen molar-refractivity contribution in [3.8, 4) is 5.75 Å². The number of halogens is 2. The maximum absolute atomic E-state index is 14.2. The zero-order valence-electron chi connectivity index (χ0n) is 15.2. The predicted octanol–water partition coefficient (Wildman–Crippen LogP) is 6.32. The van der Waals surface area contributed by atoms with Gasteiger partial charge < -0.3 is 10.1 Å². The summed E-state index contributed by atoms with van der Waals surface area (Å²) >= 11 is 1.45. The van der Waals surface area contributed by atoms with Crippen molar-refractivity contribution in [1.82, 2.24) is 4.98 Å². The van der Waals surface area contributed by atoms with E-state index in [0.29, 0.717) is 23.8 Å². The van der Waals surface area contributed by atoms with Gasteiger partial charge in [0.25, 0.3) is 0 Å². The molecule has 0 aliphatic rings. The third-order valence-electron chi connectivity index (χ3n) is 4.04. The van der Waals surface area contributed by atoms with Crippen LogP contribution in [0, 0.1) is 11.6 Å². The van der Waals surface area contributed by atoms with Gasteiger partial charge in [-0.05, 0) is 36.2 Å². The Morgan fingerprint density at radius 2 is 1.89 bits per heavy atom. The molecule has 27 heavy (non-hydrogen) atoms. The molecule has 1 heterocycles. The lowest BCUT2D eigenvalue weighted by Gasteiger charge is -2.09. The molecule has 142 valence electrons. The summed E-state index contributed by atoms with van der Waals surface area (Å²) in [6, 6.07) is 11.2. The van der Waals surface area contributed by atoms with Crippen molar-refractivity contribution in [2.75, 3.05) is 11.9 Å². The summed E-state index contributed by atoms with van der Waals surface area (Å²) in [6.07, 6.45) is 3.72. The van der Waals surface area contributed by atoms with Crippen molar-refractivity contribution in [2.45, 2.75) is 32.6 Å². The van der Waals surface area contributed by atoms with Crippen LogP contribution < -0.4 is 10.1 Å². The number of thiazole rings is 1.